The van der Waals surface area contributed by atoms with Gasteiger partial charge in [-0.1, -0.05) is 32.4 Å². The summed E-state index contributed by atoms with van der Waals surface area (Å²) in [6.07, 6.45) is 1.74. The smallest absolute Gasteiger partial charge is 0.254 e. The van der Waals surface area contributed by atoms with E-state index in [2.05, 4.69) is 11.1 Å². The Bertz CT molecular complexity index is 586. The Morgan fingerprint density at radius 1 is 1.48 bits per heavy atom. The number of pyridine rings is 1. The number of halogens is 1. The highest BCUT2D eigenvalue weighted by Gasteiger charge is 2.26. The molecule has 0 N–H and O–H groups in total. The maximum Gasteiger partial charge on any atom is 0.254 e. The SMILES string of the molecule is CC(C)(C)c1cc(C(=O)N2CCCC(C#N)C2)cc(Cl)n1. The maximum atomic E-state index is 12.6. The second kappa shape index (κ2) is 6.03. The summed E-state index contributed by atoms with van der Waals surface area (Å²) >= 11 is 6.06. The Balaban J connectivity index is 2.27. The standard InChI is InChI=1S/C16H20ClN3O/c1-16(2,3)13-7-12(8-14(17)19-13)15(21)20-6-4-5-11(9-18)10-20/h7-8,11H,4-6,10H2,1-3H3. The molecule has 0 spiro atoms. The van der Waals surface area contributed by atoms with Crippen LogP contribution in [0.5, 0.6) is 0 Å². The van der Waals surface area contributed by atoms with Crippen LogP contribution in [-0.2, 0) is 5.41 Å². The maximum absolute atomic E-state index is 12.6. The molecule has 0 aromatic carbocycles. The van der Waals surface area contributed by atoms with Gasteiger partial charge in [-0.05, 0) is 25.0 Å². The zero-order valence-electron chi connectivity index (χ0n) is 12.7. The van der Waals surface area contributed by atoms with E-state index in [4.69, 9.17) is 16.9 Å². The van der Waals surface area contributed by atoms with Crippen molar-refractivity contribution in [3.63, 3.8) is 0 Å². The second-order valence-corrected chi connectivity index (χ2v) is 6.92. The molecule has 1 aliphatic heterocycles. The third-order valence-corrected chi connectivity index (χ3v) is 3.89. The number of rotatable bonds is 1. The fraction of sp³-hybridized carbons (Fsp3) is 0.562. The van der Waals surface area contributed by atoms with Crippen LogP contribution in [0.25, 0.3) is 0 Å². The number of nitrogens with zero attached hydrogens (tertiary/aromatic N) is 3. The highest BCUT2D eigenvalue weighted by molar-refractivity contribution is 6.29. The predicted molar refractivity (Wildman–Crippen MR) is 82.2 cm³/mol. The first-order chi connectivity index (χ1) is 9.81. The summed E-state index contributed by atoms with van der Waals surface area (Å²) in [7, 11) is 0. The highest BCUT2D eigenvalue weighted by atomic mass is 35.5. The number of carbonyl (C=O) groups excluding carboxylic acids is 1. The molecule has 0 radical (unpaired) electrons. The monoisotopic (exact) mass is 305 g/mol. The number of likely N-dealkylation sites (tertiary alicyclic amines) is 1. The third-order valence-electron chi connectivity index (χ3n) is 3.70. The number of amides is 1. The minimum absolute atomic E-state index is 0.0650. The zero-order chi connectivity index (χ0) is 15.6. The van der Waals surface area contributed by atoms with Crippen molar-refractivity contribution in [2.75, 3.05) is 13.1 Å². The van der Waals surface area contributed by atoms with Crippen LogP contribution in [0.3, 0.4) is 0 Å². The molecule has 1 amide bonds. The second-order valence-electron chi connectivity index (χ2n) is 6.53. The fourth-order valence-corrected chi connectivity index (χ4v) is 2.66. The molecule has 1 unspecified atom stereocenters. The number of nitriles is 1. The van der Waals surface area contributed by atoms with Crippen molar-refractivity contribution in [3.8, 4) is 6.07 Å². The van der Waals surface area contributed by atoms with Crippen LogP contribution in [0.15, 0.2) is 12.1 Å². The summed E-state index contributed by atoms with van der Waals surface area (Å²) in [4.78, 5) is 18.7. The van der Waals surface area contributed by atoms with Crippen LogP contribution in [0, 0.1) is 17.2 Å². The van der Waals surface area contributed by atoms with E-state index in [9.17, 15) is 4.79 Å². The molecule has 0 bridgehead atoms. The van der Waals surface area contributed by atoms with Crippen LogP contribution in [0.4, 0.5) is 0 Å². The quantitative estimate of drug-likeness (QED) is 0.747. The van der Waals surface area contributed by atoms with Gasteiger partial charge in [0.1, 0.15) is 5.15 Å². The lowest BCUT2D eigenvalue weighted by molar-refractivity contribution is 0.0698. The van der Waals surface area contributed by atoms with E-state index in [0.29, 0.717) is 23.8 Å². The number of carbonyl (C=O) groups is 1. The van der Waals surface area contributed by atoms with Gasteiger partial charge < -0.3 is 4.90 Å². The molecule has 5 heteroatoms. The van der Waals surface area contributed by atoms with Gasteiger partial charge in [0.25, 0.3) is 5.91 Å². The molecule has 21 heavy (non-hydrogen) atoms. The van der Waals surface area contributed by atoms with Crippen LogP contribution < -0.4 is 0 Å². The average Bonchev–Trinajstić information content (AvgIpc) is 2.45. The van der Waals surface area contributed by atoms with Gasteiger partial charge >= 0.3 is 0 Å². The van der Waals surface area contributed by atoms with Crippen LogP contribution in [0.2, 0.25) is 5.15 Å². The first-order valence-corrected chi connectivity index (χ1v) is 7.56. The topological polar surface area (TPSA) is 57.0 Å². The van der Waals surface area contributed by atoms with Gasteiger partial charge in [-0.3, -0.25) is 4.79 Å². The number of piperidine rings is 1. The van der Waals surface area contributed by atoms with E-state index >= 15 is 0 Å². The molecular weight excluding hydrogens is 286 g/mol. The molecule has 4 nitrogen and oxygen atoms in total. The van der Waals surface area contributed by atoms with Crippen molar-refractivity contribution >= 4 is 17.5 Å². The number of hydrogen-bond acceptors (Lipinski definition) is 3. The minimum atomic E-state index is -0.170. The highest BCUT2D eigenvalue weighted by Crippen LogP contribution is 2.25. The van der Waals surface area contributed by atoms with E-state index in [1.807, 2.05) is 26.8 Å². The number of hydrogen-bond donors (Lipinski definition) is 0. The summed E-state index contributed by atoms with van der Waals surface area (Å²) < 4.78 is 0. The van der Waals surface area contributed by atoms with Crippen molar-refractivity contribution in [3.05, 3.63) is 28.5 Å². The molecule has 1 aromatic heterocycles. The van der Waals surface area contributed by atoms with Gasteiger partial charge in [0.2, 0.25) is 0 Å². The summed E-state index contributed by atoms with van der Waals surface area (Å²) in [5, 5.41) is 9.37. The lowest BCUT2D eigenvalue weighted by Gasteiger charge is -2.30. The summed E-state index contributed by atoms with van der Waals surface area (Å²) in [5.74, 6) is -0.133. The molecule has 1 aliphatic rings. The average molecular weight is 306 g/mol. The number of aromatic nitrogens is 1. The van der Waals surface area contributed by atoms with Crippen LogP contribution >= 0.6 is 11.6 Å². The van der Waals surface area contributed by atoms with Crippen molar-refractivity contribution in [1.82, 2.24) is 9.88 Å². The Hall–Kier alpha value is -1.60. The first-order valence-electron chi connectivity index (χ1n) is 7.18. The molecule has 1 fully saturated rings. The van der Waals surface area contributed by atoms with E-state index in [1.54, 1.807) is 11.0 Å². The van der Waals surface area contributed by atoms with Crippen molar-refractivity contribution < 1.29 is 4.79 Å². The van der Waals surface area contributed by atoms with Gasteiger partial charge in [0.05, 0.1) is 12.0 Å². The van der Waals surface area contributed by atoms with E-state index in [1.165, 1.54) is 0 Å². The van der Waals surface area contributed by atoms with Gasteiger partial charge in [-0.15, -0.1) is 0 Å². The van der Waals surface area contributed by atoms with Crippen molar-refractivity contribution in [2.45, 2.75) is 39.0 Å². The molecule has 0 aliphatic carbocycles. The normalized spacial score (nSPS) is 19.2. The lowest BCUT2D eigenvalue weighted by Crippen LogP contribution is -2.39. The van der Waals surface area contributed by atoms with Crippen LogP contribution in [0.1, 0.15) is 49.7 Å². The molecule has 112 valence electrons. The van der Waals surface area contributed by atoms with E-state index < -0.39 is 0 Å². The Labute approximate surface area is 130 Å². The molecule has 1 saturated heterocycles. The molecule has 0 saturated carbocycles. The van der Waals surface area contributed by atoms with Gasteiger partial charge in [-0.25, -0.2) is 4.98 Å². The van der Waals surface area contributed by atoms with Crippen LogP contribution in [-0.4, -0.2) is 28.9 Å². The van der Waals surface area contributed by atoms with E-state index in [0.717, 1.165) is 18.5 Å². The largest absolute Gasteiger partial charge is 0.337 e. The summed E-state index contributed by atoms with van der Waals surface area (Å²) in [6.45, 7) is 7.30. The fourth-order valence-electron chi connectivity index (χ4n) is 2.45. The Kier molecular flexibility index (Phi) is 4.53. The molecule has 2 rings (SSSR count). The lowest BCUT2D eigenvalue weighted by atomic mass is 9.90. The van der Waals surface area contributed by atoms with Crippen molar-refractivity contribution in [1.29, 1.82) is 5.26 Å². The van der Waals surface area contributed by atoms with Gasteiger partial charge in [0, 0.05) is 29.8 Å². The third kappa shape index (κ3) is 3.74. The first kappa shape index (κ1) is 15.8. The van der Waals surface area contributed by atoms with Gasteiger partial charge in [0.15, 0.2) is 0 Å². The minimum Gasteiger partial charge on any atom is -0.337 e. The molecular formula is C16H20ClN3O. The van der Waals surface area contributed by atoms with E-state index in [-0.39, 0.29) is 17.2 Å². The Morgan fingerprint density at radius 3 is 2.81 bits per heavy atom. The molecule has 1 aromatic rings. The summed E-state index contributed by atoms with van der Waals surface area (Å²) in [6, 6.07) is 5.67. The van der Waals surface area contributed by atoms with Crippen molar-refractivity contribution in [2.24, 2.45) is 5.92 Å². The zero-order valence-corrected chi connectivity index (χ0v) is 13.4. The Morgan fingerprint density at radius 2 is 2.19 bits per heavy atom. The van der Waals surface area contributed by atoms with Gasteiger partial charge in [-0.2, -0.15) is 5.26 Å². The summed E-state index contributed by atoms with van der Waals surface area (Å²) in [5.41, 5.74) is 1.18. The molecule has 2 heterocycles. The molecule has 1 atom stereocenters. The predicted octanol–water partition coefficient (Wildman–Crippen LogP) is 3.41.